The van der Waals surface area contributed by atoms with Gasteiger partial charge in [-0.2, -0.15) is 4.31 Å². The summed E-state index contributed by atoms with van der Waals surface area (Å²) in [7, 11) is -3.71. The third-order valence-electron chi connectivity index (χ3n) is 7.59. The van der Waals surface area contributed by atoms with Gasteiger partial charge in [-0.05, 0) is 78.8 Å². The minimum absolute atomic E-state index is 0. The molecule has 8 nitrogen and oxygen atoms in total. The second-order valence-electron chi connectivity index (χ2n) is 10.1. The van der Waals surface area contributed by atoms with Crippen LogP contribution >= 0.6 is 0 Å². The molecule has 3 aromatic rings. The Hall–Kier alpha value is -3.54. The van der Waals surface area contributed by atoms with Gasteiger partial charge < -0.3 is 19.9 Å². The summed E-state index contributed by atoms with van der Waals surface area (Å²) in [5, 5.41) is 12.5. The highest BCUT2D eigenvalue weighted by molar-refractivity contribution is 7.89. The summed E-state index contributed by atoms with van der Waals surface area (Å²) >= 11 is 0. The number of rotatable bonds is 7. The highest BCUT2D eigenvalue weighted by atomic mass is 32.2. The van der Waals surface area contributed by atoms with Gasteiger partial charge in [-0.1, -0.05) is 30.3 Å². The summed E-state index contributed by atoms with van der Waals surface area (Å²) in [5.41, 5.74) is 1.83. The number of alkyl halides is 2. The largest absolute Gasteiger partial charge is 0.586 e. The fourth-order valence-electron chi connectivity index (χ4n) is 5.31. The number of sulfonamides is 1. The van der Waals surface area contributed by atoms with Gasteiger partial charge in [-0.15, -0.1) is 8.78 Å². The van der Waals surface area contributed by atoms with Crippen LogP contribution in [0.1, 0.15) is 32.7 Å². The fourth-order valence-corrected chi connectivity index (χ4v) is 6.99. The number of carbonyl (C=O) groups is 1. The molecule has 6 rings (SSSR count). The third kappa shape index (κ3) is 4.64. The molecule has 1 amide bonds. The van der Waals surface area contributed by atoms with Crippen molar-refractivity contribution in [2.45, 2.75) is 48.3 Å². The Labute approximate surface area is 225 Å². The van der Waals surface area contributed by atoms with E-state index in [9.17, 15) is 27.1 Å². The molecule has 11 heteroatoms. The quantitative estimate of drug-likeness (QED) is 0.434. The molecule has 2 N–H and O–H groups in total. The van der Waals surface area contributed by atoms with E-state index in [-0.39, 0.29) is 30.3 Å². The van der Waals surface area contributed by atoms with E-state index in [2.05, 4.69) is 14.8 Å². The Bertz CT molecular complexity index is 1550. The van der Waals surface area contributed by atoms with Gasteiger partial charge in [0.05, 0.1) is 16.9 Å². The number of ether oxygens (including phenoxy) is 2. The Kier molecular flexibility index (Phi) is 6.12. The van der Waals surface area contributed by atoms with Crippen LogP contribution in [0.4, 0.5) is 14.5 Å². The summed E-state index contributed by atoms with van der Waals surface area (Å²) in [4.78, 5) is 13.4. The van der Waals surface area contributed by atoms with Gasteiger partial charge in [0, 0.05) is 19.7 Å². The van der Waals surface area contributed by atoms with E-state index in [1.165, 1.54) is 16.4 Å². The molecule has 1 saturated carbocycles. The van der Waals surface area contributed by atoms with E-state index in [4.69, 9.17) is 0 Å². The average molecular weight is 559 g/mol. The topological polar surface area (TPSA) is 105 Å². The van der Waals surface area contributed by atoms with Crippen molar-refractivity contribution in [3.05, 3.63) is 72.3 Å². The van der Waals surface area contributed by atoms with Crippen LogP contribution < -0.4 is 14.8 Å². The van der Waals surface area contributed by atoms with Crippen LogP contribution in [0.3, 0.4) is 0 Å². The number of fused-ring (bicyclic) bond motifs is 1. The Morgan fingerprint density at radius 3 is 2.49 bits per heavy atom. The molecule has 2 aliphatic heterocycles. The molecule has 0 aromatic heterocycles. The number of nitrogens with zero attached hydrogens (tertiary/aromatic N) is 1. The smallest absolute Gasteiger partial charge is 0.395 e. The van der Waals surface area contributed by atoms with Crippen LogP contribution in [0.2, 0.25) is 0 Å². The Morgan fingerprint density at radius 2 is 1.77 bits per heavy atom. The van der Waals surface area contributed by atoms with Crippen molar-refractivity contribution in [3.63, 3.8) is 0 Å². The SMILES string of the molecule is O=C(Nc1cccc(-c2ccc(S(=O)(=O)N3CCC[C@@H]3CO)cc2)c1)C1(c2ccc3c(c2)OC(F)(F)O3)CC1.[HH]. The van der Waals surface area contributed by atoms with Crippen molar-refractivity contribution < 1.29 is 38.0 Å². The van der Waals surface area contributed by atoms with E-state index >= 15 is 0 Å². The zero-order chi connectivity index (χ0) is 27.4. The van der Waals surface area contributed by atoms with E-state index < -0.39 is 27.8 Å². The van der Waals surface area contributed by atoms with Crippen LogP contribution in [0, 0.1) is 0 Å². The zero-order valence-corrected chi connectivity index (χ0v) is 21.6. The van der Waals surface area contributed by atoms with Gasteiger partial charge in [0.25, 0.3) is 0 Å². The second-order valence-corrected chi connectivity index (χ2v) is 12.0. The molecule has 0 unspecified atom stereocenters. The molecule has 1 aliphatic carbocycles. The molecule has 3 aliphatic rings. The summed E-state index contributed by atoms with van der Waals surface area (Å²) in [5.74, 6) is -0.420. The summed E-state index contributed by atoms with van der Waals surface area (Å²) in [6.07, 6.45) is -1.23. The first-order valence-electron chi connectivity index (χ1n) is 12.7. The van der Waals surface area contributed by atoms with Crippen molar-refractivity contribution in [2.75, 3.05) is 18.5 Å². The first-order valence-corrected chi connectivity index (χ1v) is 14.1. The molecular weight excluding hydrogens is 530 g/mol. The predicted molar refractivity (Wildman–Crippen MR) is 140 cm³/mol. The van der Waals surface area contributed by atoms with Gasteiger partial charge in [-0.25, -0.2) is 8.42 Å². The lowest BCUT2D eigenvalue weighted by Crippen LogP contribution is -2.37. The van der Waals surface area contributed by atoms with Crippen LogP contribution in [0.25, 0.3) is 11.1 Å². The number of amides is 1. The normalized spacial score (nSPS) is 21.1. The minimum atomic E-state index is -3.72. The lowest BCUT2D eigenvalue weighted by molar-refractivity contribution is -0.286. The second kappa shape index (κ2) is 9.29. The highest BCUT2D eigenvalue weighted by Crippen LogP contribution is 2.52. The molecule has 39 heavy (non-hydrogen) atoms. The van der Waals surface area contributed by atoms with E-state index in [0.717, 1.165) is 11.1 Å². The van der Waals surface area contributed by atoms with Crippen molar-refractivity contribution >= 4 is 21.6 Å². The van der Waals surface area contributed by atoms with E-state index in [1.807, 2.05) is 6.07 Å². The molecule has 1 saturated heterocycles. The first-order chi connectivity index (χ1) is 18.6. The number of nitrogens with one attached hydrogen (secondary N) is 1. The maximum Gasteiger partial charge on any atom is 0.586 e. The number of benzene rings is 3. The number of aliphatic hydroxyl groups is 1. The lowest BCUT2D eigenvalue weighted by atomic mass is 9.94. The van der Waals surface area contributed by atoms with Crippen molar-refractivity contribution in [3.8, 4) is 22.6 Å². The monoisotopic (exact) mass is 558 g/mol. The van der Waals surface area contributed by atoms with Crippen LogP contribution in [0.5, 0.6) is 11.5 Å². The van der Waals surface area contributed by atoms with Crippen molar-refractivity contribution in [1.82, 2.24) is 4.31 Å². The van der Waals surface area contributed by atoms with Crippen LogP contribution in [-0.4, -0.2) is 49.2 Å². The van der Waals surface area contributed by atoms with Gasteiger partial charge in [0.2, 0.25) is 15.9 Å². The molecule has 206 valence electrons. The van der Waals surface area contributed by atoms with Gasteiger partial charge in [0.1, 0.15) is 0 Å². The number of hydrogen-bond acceptors (Lipinski definition) is 6. The Balaban J connectivity index is 0.00000323. The van der Waals surface area contributed by atoms with Gasteiger partial charge >= 0.3 is 6.29 Å². The maximum absolute atomic E-state index is 13.4. The lowest BCUT2D eigenvalue weighted by Gasteiger charge is -2.22. The summed E-state index contributed by atoms with van der Waals surface area (Å²) < 4.78 is 63.3. The minimum Gasteiger partial charge on any atom is -0.395 e. The summed E-state index contributed by atoms with van der Waals surface area (Å²) in [6, 6.07) is 17.7. The molecular formula is C28H28F2N2O6S. The Morgan fingerprint density at radius 1 is 1.03 bits per heavy atom. The standard InChI is InChI=1S/C28H26F2N2O6S.H2/c29-28(30)37-24-11-8-20(16-25(24)38-28)27(12-13-27)26(34)31-21-4-1-3-19(15-21)18-6-9-23(10-7-18)39(35,36)32-14-2-5-22(32)17-33;/h1,3-4,6-11,15-16,22,33H,2,5,12-14,17H2,(H,31,34);1H/t22-;/m1./s1. The van der Waals surface area contributed by atoms with Gasteiger partial charge in [-0.3, -0.25) is 4.79 Å². The number of aliphatic hydroxyl groups excluding tert-OH is 1. The van der Waals surface area contributed by atoms with E-state index in [0.29, 0.717) is 43.5 Å². The zero-order valence-electron chi connectivity index (χ0n) is 20.8. The van der Waals surface area contributed by atoms with Crippen LogP contribution in [0.15, 0.2) is 71.6 Å². The number of hydrogen-bond donors (Lipinski definition) is 2. The molecule has 1 atom stereocenters. The molecule has 0 bridgehead atoms. The predicted octanol–water partition coefficient (Wildman–Crippen LogP) is 4.74. The summed E-state index contributed by atoms with van der Waals surface area (Å²) in [6.45, 7) is 0.180. The molecule has 2 fully saturated rings. The van der Waals surface area contributed by atoms with Crippen molar-refractivity contribution in [1.29, 1.82) is 0 Å². The van der Waals surface area contributed by atoms with Crippen molar-refractivity contribution in [2.24, 2.45) is 0 Å². The highest BCUT2D eigenvalue weighted by Gasteiger charge is 2.52. The molecule has 0 spiro atoms. The average Bonchev–Trinajstić information content (AvgIpc) is 3.47. The molecule has 2 heterocycles. The van der Waals surface area contributed by atoms with Gasteiger partial charge in [0.15, 0.2) is 11.5 Å². The first kappa shape index (κ1) is 25.7. The fraction of sp³-hybridized carbons (Fsp3) is 0.321. The molecule has 3 aromatic carbocycles. The molecule has 0 radical (unpaired) electrons. The number of halogens is 2. The number of anilines is 1. The third-order valence-corrected chi connectivity index (χ3v) is 9.55. The van der Waals surface area contributed by atoms with E-state index in [1.54, 1.807) is 48.5 Å². The van der Waals surface area contributed by atoms with Crippen LogP contribution in [-0.2, 0) is 20.2 Å². The number of carbonyl (C=O) groups excluding carboxylic acids is 1. The maximum atomic E-state index is 13.4.